The summed E-state index contributed by atoms with van der Waals surface area (Å²) in [4.78, 5) is 22.5. The summed E-state index contributed by atoms with van der Waals surface area (Å²) in [6, 6.07) is 11.5. The number of nitrogens with zero attached hydrogens (tertiary/aromatic N) is 1. The summed E-state index contributed by atoms with van der Waals surface area (Å²) in [7, 11) is 0. The van der Waals surface area contributed by atoms with Gasteiger partial charge >= 0.3 is 0 Å². The van der Waals surface area contributed by atoms with Crippen LogP contribution in [0.1, 0.15) is 15.9 Å². The Bertz CT molecular complexity index is 778. The Hall–Kier alpha value is -2.32. The normalized spacial score (nSPS) is 10.0. The highest BCUT2D eigenvalue weighted by atomic mass is 79.9. The Labute approximate surface area is 146 Å². The average Bonchev–Trinajstić information content (AvgIpc) is 2.49. The number of nitrogens with one attached hydrogen (secondary N) is 2. The standard InChI is InChI=1S/C15H12BrN3O3S/c1-9-2-3-10(8-13(9)19(21)22)14(20)18-15(23)17-12-6-4-11(16)5-7-12/h2-8H,1H3,(H2,17,18,20,23). The largest absolute Gasteiger partial charge is 0.332 e. The third-order valence-electron chi connectivity index (χ3n) is 3.00. The molecule has 2 N–H and O–H groups in total. The van der Waals surface area contributed by atoms with E-state index in [0.717, 1.165) is 4.47 Å². The summed E-state index contributed by atoms with van der Waals surface area (Å²) in [6.45, 7) is 1.61. The van der Waals surface area contributed by atoms with Gasteiger partial charge in [0.25, 0.3) is 11.6 Å². The van der Waals surface area contributed by atoms with E-state index in [1.165, 1.54) is 18.2 Å². The molecular weight excluding hydrogens is 382 g/mol. The molecule has 1 amide bonds. The van der Waals surface area contributed by atoms with E-state index in [4.69, 9.17) is 12.2 Å². The SMILES string of the molecule is Cc1ccc(C(=O)NC(=S)Nc2ccc(Br)cc2)cc1[N+](=O)[O-]. The predicted molar refractivity (Wildman–Crippen MR) is 95.7 cm³/mol. The number of nitro benzene ring substituents is 1. The second-order valence-corrected chi connectivity index (χ2v) is 6.00. The van der Waals surface area contributed by atoms with Crippen LogP contribution in [0.3, 0.4) is 0 Å². The number of halogens is 1. The highest BCUT2D eigenvalue weighted by molar-refractivity contribution is 9.10. The van der Waals surface area contributed by atoms with Gasteiger partial charge in [0.15, 0.2) is 5.11 Å². The molecule has 2 rings (SSSR count). The maximum atomic E-state index is 12.1. The summed E-state index contributed by atoms with van der Waals surface area (Å²) in [5.74, 6) is -0.511. The molecule has 23 heavy (non-hydrogen) atoms. The fourth-order valence-electron chi connectivity index (χ4n) is 1.82. The zero-order valence-corrected chi connectivity index (χ0v) is 14.4. The summed E-state index contributed by atoms with van der Waals surface area (Å²) in [5.41, 5.74) is 1.27. The molecule has 0 aliphatic carbocycles. The zero-order chi connectivity index (χ0) is 17.0. The molecule has 0 atom stereocenters. The number of aryl methyl sites for hydroxylation is 1. The van der Waals surface area contributed by atoms with Crippen LogP contribution in [0.5, 0.6) is 0 Å². The second-order valence-electron chi connectivity index (χ2n) is 4.67. The van der Waals surface area contributed by atoms with E-state index in [2.05, 4.69) is 26.6 Å². The van der Waals surface area contributed by atoms with E-state index >= 15 is 0 Å². The maximum absolute atomic E-state index is 12.1. The number of nitro groups is 1. The number of anilines is 1. The van der Waals surface area contributed by atoms with Crippen molar-refractivity contribution in [2.45, 2.75) is 6.92 Å². The Kier molecular flexibility index (Phi) is 5.41. The molecule has 0 unspecified atom stereocenters. The minimum Gasteiger partial charge on any atom is -0.332 e. The fourth-order valence-corrected chi connectivity index (χ4v) is 2.29. The topological polar surface area (TPSA) is 84.3 Å². The van der Waals surface area contributed by atoms with Crippen LogP contribution in [0.4, 0.5) is 11.4 Å². The molecule has 118 valence electrons. The van der Waals surface area contributed by atoms with Crippen molar-refractivity contribution in [3.05, 3.63) is 68.2 Å². The number of carbonyl (C=O) groups is 1. The summed E-state index contributed by atoms with van der Waals surface area (Å²) in [6.07, 6.45) is 0. The van der Waals surface area contributed by atoms with Crippen LogP contribution < -0.4 is 10.6 Å². The van der Waals surface area contributed by atoms with Gasteiger partial charge in [0.2, 0.25) is 0 Å². The Morgan fingerprint density at radius 2 is 1.87 bits per heavy atom. The van der Waals surface area contributed by atoms with Crippen molar-refractivity contribution in [1.82, 2.24) is 5.32 Å². The third-order valence-corrected chi connectivity index (χ3v) is 3.73. The number of amides is 1. The molecule has 0 aromatic heterocycles. The van der Waals surface area contributed by atoms with Gasteiger partial charge in [0.1, 0.15) is 0 Å². The molecule has 8 heteroatoms. The van der Waals surface area contributed by atoms with Crippen LogP contribution in [-0.4, -0.2) is 15.9 Å². The molecule has 0 saturated heterocycles. The van der Waals surface area contributed by atoms with Crippen LogP contribution in [0.25, 0.3) is 0 Å². The van der Waals surface area contributed by atoms with E-state index in [-0.39, 0.29) is 16.4 Å². The molecule has 2 aromatic carbocycles. The van der Waals surface area contributed by atoms with Crippen LogP contribution in [-0.2, 0) is 0 Å². The molecule has 0 heterocycles. The van der Waals surface area contributed by atoms with Crippen LogP contribution >= 0.6 is 28.1 Å². The molecule has 0 bridgehead atoms. The average molecular weight is 394 g/mol. The van der Waals surface area contributed by atoms with Crippen LogP contribution in [0.2, 0.25) is 0 Å². The van der Waals surface area contributed by atoms with Gasteiger partial charge in [-0.1, -0.05) is 22.0 Å². The lowest BCUT2D eigenvalue weighted by Crippen LogP contribution is -2.34. The molecular formula is C15H12BrN3O3S. The minimum atomic E-state index is -0.523. The van der Waals surface area contributed by atoms with E-state index in [1.54, 1.807) is 19.1 Å². The summed E-state index contributed by atoms with van der Waals surface area (Å²) in [5, 5.41) is 16.4. The third kappa shape index (κ3) is 4.57. The number of benzene rings is 2. The highest BCUT2D eigenvalue weighted by Gasteiger charge is 2.15. The molecule has 0 aliphatic rings. The molecule has 0 saturated carbocycles. The quantitative estimate of drug-likeness (QED) is 0.470. The summed E-state index contributed by atoms with van der Waals surface area (Å²) >= 11 is 8.39. The lowest BCUT2D eigenvalue weighted by Gasteiger charge is -2.10. The zero-order valence-electron chi connectivity index (χ0n) is 12.0. The Morgan fingerprint density at radius 3 is 2.48 bits per heavy atom. The van der Waals surface area contributed by atoms with Crippen molar-refractivity contribution in [2.24, 2.45) is 0 Å². The smallest absolute Gasteiger partial charge is 0.273 e. The predicted octanol–water partition coefficient (Wildman–Crippen LogP) is 3.79. The van der Waals surface area contributed by atoms with Gasteiger partial charge in [0.05, 0.1) is 4.92 Å². The maximum Gasteiger partial charge on any atom is 0.273 e. The number of hydrogen-bond acceptors (Lipinski definition) is 4. The first-order valence-corrected chi connectivity index (χ1v) is 7.70. The first kappa shape index (κ1) is 17.0. The van der Waals surface area contributed by atoms with Gasteiger partial charge in [-0.05, 0) is 49.5 Å². The van der Waals surface area contributed by atoms with Crippen molar-refractivity contribution in [3.63, 3.8) is 0 Å². The Morgan fingerprint density at radius 1 is 1.22 bits per heavy atom. The van der Waals surface area contributed by atoms with Gasteiger partial charge < -0.3 is 5.32 Å². The molecule has 6 nitrogen and oxygen atoms in total. The van der Waals surface area contributed by atoms with E-state index in [1.807, 2.05) is 12.1 Å². The lowest BCUT2D eigenvalue weighted by molar-refractivity contribution is -0.385. The van der Waals surface area contributed by atoms with Gasteiger partial charge in [0, 0.05) is 27.4 Å². The second kappa shape index (κ2) is 7.30. The number of rotatable bonds is 3. The molecule has 0 radical (unpaired) electrons. The van der Waals surface area contributed by atoms with E-state index in [0.29, 0.717) is 11.3 Å². The highest BCUT2D eigenvalue weighted by Crippen LogP contribution is 2.19. The molecule has 0 aliphatic heterocycles. The van der Waals surface area contributed by atoms with Gasteiger partial charge in [-0.25, -0.2) is 0 Å². The molecule has 0 fully saturated rings. The van der Waals surface area contributed by atoms with Crippen molar-refractivity contribution in [2.75, 3.05) is 5.32 Å². The van der Waals surface area contributed by atoms with E-state index < -0.39 is 10.8 Å². The fraction of sp³-hybridized carbons (Fsp3) is 0.0667. The summed E-state index contributed by atoms with van der Waals surface area (Å²) < 4.78 is 0.921. The molecule has 2 aromatic rings. The van der Waals surface area contributed by atoms with Crippen molar-refractivity contribution in [1.29, 1.82) is 0 Å². The van der Waals surface area contributed by atoms with Crippen molar-refractivity contribution in [3.8, 4) is 0 Å². The number of carbonyl (C=O) groups excluding carboxylic acids is 1. The number of hydrogen-bond donors (Lipinski definition) is 2. The van der Waals surface area contributed by atoms with Crippen LogP contribution in [0, 0.1) is 17.0 Å². The van der Waals surface area contributed by atoms with E-state index in [9.17, 15) is 14.9 Å². The monoisotopic (exact) mass is 393 g/mol. The van der Waals surface area contributed by atoms with Crippen molar-refractivity contribution < 1.29 is 9.72 Å². The first-order chi connectivity index (χ1) is 10.9. The van der Waals surface area contributed by atoms with Gasteiger partial charge in [-0.2, -0.15) is 0 Å². The minimum absolute atomic E-state index is 0.107. The van der Waals surface area contributed by atoms with Gasteiger partial charge in [-0.15, -0.1) is 0 Å². The lowest BCUT2D eigenvalue weighted by atomic mass is 10.1. The van der Waals surface area contributed by atoms with Crippen molar-refractivity contribution >= 4 is 50.5 Å². The van der Waals surface area contributed by atoms with Gasteiger partial charge in [-0.3, -0.25) is 20.2 Å². The van der Waals surface area contributed by atoms with Crippen LogP contribution in [0.15, 0.2) is 46.9 Å². The first-order valence-electron chi connectivity index (χ1n) is 6.50. The Balaban J connectivity index is 2.06. The molecule has 0 spiro atoms. The number of thiocarbonyl (C=S) groups is 1.